The van der Waals surface area contributed by atoms with E-state index in [0.717, 1.165) is 18.2 Å². The van der Waals surface area contributed by atoms with Crippen molar-refractivity contribution in [3.8, 4) is 22.6 Å². The van der Waals surface area contributed by atoms with Crippen molar-refractivity contribution in [3.63, 3.8) is 0 Å². The van der Waals surface area contributed by atoms with Gasteiger partial charge in [0.05, 0.1) is 27.0 Å². The van der Waals surface area contributed by atoms with Crippen molar-refractivity contribution >= 4 is 44.9 Å². The zero-order valence-corrected chi connectivity index (χ0v) is 25.5. The molecule has 0 saturated carbocycles. The molecule has 2 nitrogen and oxygen atoms in total. The molecule has 0 heterocycles. The van der Waals surface area contributed by atoms with Gasteiger partial charge in [0.2, 0.25) is 5.82 Å². The Morgan fingerprint density at radius 2 is 0.852 bits per heavy atom. The Balaban J connectivity index is 1.50. The molecule has 0 atom stereocenters. The lowest BCUT2D eigenvalue weighted by Crippen LogP contribution is -2.48. The highest BCUT2D eigenvalue weighted by Crippen LogP contribution is 2.49. The first-order valence-corrected chi connectivity index (χ1v) is 14.8. The molecule has 0 fully saturated rings. The van der Waals surface area contributed by atoms with Crippen molar-refractivity contribution in [2.24, 2.45) is 0 Å². The van der Waals surface area contributed by atoms with Crippen LogP contribution < -0.4 is 14.8 Å². The largest absolute Gasteiger partial charge is 0.636 e. The van der Waals surface area contributed by atoms with Gasteiger partial charge >= 0.3 is 7.12 Å². The third kappa shape index (κ3) is 4.46. The van der Waals surface area contributed by atoms with Gasteiger partial charge in [0, 0.05) is 21.9 Å². The monoisotopic (exact) mass is 774 g/mol. The van der Waals surface area contributed by atoms with Crippen LogP contribution in [0.15, 0.2) is 30.3 Å². The molecule has 0 aliphatic heterocycles. The zero-order chi connectivity index (χ0) is 39.0. The fourth-order valence-corrected chi connectivity index (χ4v) is 6.78. The molecule has 54 heavy (non-hydrogen) atoms. The second-order valence-corrected chi connectivity index (χ2v) is 11.8. The van der Waals surface area contributed by atoms with Gasteiger partial charge in [0.15, 0.2) is 92.9 Å². The Bertz CT molecular complexity index is 2820. The molecule has 19 heteroatoms. The summed E-state index contributed by atoms with van der Waals surface area (Å²) < 4.78 is 254. The molecule has 0 saturated heterocycles. The zero-order valence-electron chi connectivity index (χ0n) is 25.5. The topological polar surface area (TPSA) is 18.5 Å². The molecular formula is C35H7BF16O2. The second kappa shape index (κ2) is 11.8. The van der Waals surface area contributed by atoms with Crippen molar-refractivity contribution < 1.29 is 79.6 Å². The van der Waals surface area contributed by atoms with E-state index in [2.05, 4.69) is 0 Å². The van der Waals surface area contributed by atoms with Crippen molar-refractivity contribution in [1.82, 2.24) is 0 Å². The van der Waals surface area contributed by atoms with Gasteiger partial charge in [0.1, 0.15) is 5.82 Å². The number of benzene rings is 7. The predicted molar refractivity (Wildman–Crippen MR) is 157 cm³/mol. The van der Waals surface area contributed by atoms with Crippen LogP contribution in [0.2, 0.25) is 0 Å². The quantitative estimate of drug-likeness (QED) is 0.0570. The van der Waals surface area contributed by atoms with Crippen molar-refractivity contribution in [1.29, 1.82) is 0 Å². The molecular weight excluding hydrogens is 767 g/mol. The van der Waals surface area contributed by atoms with E-state index in [1.54, 1.807) is 0 Å². The first-order valence-electron chi connectivity index (χ1n) is 14.8. The third-order valence-electron chi connectivity index (χ3n) is 9.05. The SMILES string of the molecule is Fc1ccc(F)c(OB(Oc2c(F)c(F)c3c(F)c(F)c4c(F)c(F)c(F)c5c(F)c(F)c2c3c45)c2c(F)c(F)c(F)c3c2Cc2cccc(F)c2-3)c1F. The Morgan fingerprint density at radius 3 is 1.46 bits per heavy atom. The molecule has 0 spiro atoms. The van der Waals surface area contributed by atoms with Crippen molar-refractivity contribution in [2.75, 3.05) is 0 Å². The predicted octanol–water partition coefficient (Wildman–Crippen LogP) is 10.2. The summed E-state index contributed by atoms with van der Waals surface area (Å²) in [5.41, 5.74) is -4.39. The van der Waals surface area contributed by atoms with E-state index in [4.69, 9.17) is 9.31 Å². The number of halogens is 16. The van der Waals surface area contributed by atoms with E-state index in [9.17, 15) is 30.7 Å². The molecule has 7 aromatic carbocycles. The number of hydrogen-bond donors (Lipinski definition) is 0. The van der Waals surface area contributed by atoms with Crippen molar-refractivity contribution in [2.45, 2.75) is 6.42 Å². The summed E-state index contributed by atoms with van der Waals surface area (Å²) in [5.74, 6) is -41.5. The van der Waals surface area contributed by atoms with E-state index >= 15 is 39.5 Å². The normalized spacial score (nSPS) is 12.4. The van der Waals surface area contributed by atoms with Crippen LogP contribution in [-0.2, 0) is 6.42 Å². The Morgan fingerprint density at radius 1 is 0.370 bits per heavy atom. The van der Waals surface area contributed by atoms with Crippen molar-refractivity contribution in [3.05, 3.63) is 135 Å². The molecule has 0 bridgehead atoms. The van der Waals surface area contributed by atoms with Crippen LogP contribution >= 0.6 is 0 Å². The summed E-state index contributed by atoms with van der Waals surface area (Å²) >= 11 is 0. The lowest BCUT2D eigenvalue weighted by atomic mass is 9.73. The van der Waals surface area contributed by atoms with Crippen LogP contribution in [0.25, 0.3) is 43.4 Å². The van der Waals surface area contributed by atoms with Gasteiger partial charge in [-0.15, -0.1) is 0 Å². The molecule has 0 radical (unpaired) electrons. The average Bonchev–Trinajstić information content (AvgIpc) is 3.53. The molecule has 0 unspecified atom stereocenters. The minimum atomic E-state index is -3.29. The van der Waals surface area contributed by atoms with Gasteiger partial charge in [-0.25, -0.2) is 61.5 Å². The minimum Gasteiger partial charge on any atom is -0.519 e. The number of fused-ring (bicyclic) bond motifs is 3. The molecule has 7 aromatic rings. The average molecular weight is 774 g/mol. The lowest BCUT2D eigenvalue weighted by molar-refractivity contribution is 0.369. The minimum absolute atomic E-state index is 0.195. The number of hydrogen-bond acceptors (Lipinski definition) is 2. The highest BCUT2D eigenvalue weighted by molar-refractivity contribution is 6.64. The molecule has 0 amide bonds. The van der Waals surface area contributed by atoms with Crippen LogP contribution in [0.3, 0.4) is 0 Å². The summed E-state index contributed by atoms with van der Waals surface area (Å²) in [6.45, 7) is 0. The molecule has 0 N–H and O–H groups in total. The lowest BCUT2D eigenvalue weighted by Gasteiger charge is -2.24. The van der Waals surface area contributed by atoms with E-state index < -0.39 is 173 Å². The molecule has 1 aliphatic carbocycles. The number of rotatable bonds is 5. The van der Waals surface area contributed by atoms with Gasteiger partial charge in [-0.2, -0.15) is 8.78 Å². The van der Waals surface area contributed by atoms with Gasteiger partial charge in [-0.05, 0) is 35.7 Å². The fourth-order valence-electron chi connectivity index (χ4n) is 6.78. The maximum atomic E-state index is 16.0. The first-order chi connectivity index (χ1) is 25.5. The van der Waals surface area contributed by atoms with E-state index in [0.29, 0.717) is 0 Å². The van der Waals surface area contributed by atoms with E-state index in [1.807, 2.05) is 0 Å². The summed E-state index contributed by atoms with van der Waals surface area (Å²) in [6.07, 6.45) is -0.796. The highest BCUT2D eigenvalue weighted by Gasteiger charge is 2.44. The summed E-state index contributed by atoms with van der Waals surface area (Å²) in [6, 6.07) is 3.36. The molecule has 0 aromatic heterocycles. The maximum Gasteiger partial charge on any atom is 0.636 e. The summed E-state index contributed by atoms with van der Waals surface area (Å²) in [4.78, 5) is 0. The van der Waals surface area contributed by atoms with Crippen LogP contribution in [0.1, 0.15) is 11.1 Å². The fraction of sp³-hybridized carbons (Fsp3) is 0.0286. The van der Waals surface area contributed by atoms with Gasteiger partial charge in [-0.1, -0.05) is 12.1 Å². The standard InChI is InChI=1S/C35H7BF16O2/c37-9-3-1-2-7-6-8-13(12(7)9)22(41)32(51)30(49)20(8)36(53-34-11(39)5-4-10(38)21(34)40)54-35-19-15-14-16(23(42)24(43)18(15)28(47)33(35)52)26(45)31(50)27(46)17(14)25(44)29(19)48/h1-5H,6H2. The molecule has 274 valence electrons. The summed E-state index contributed by atoms with van der Waals surface area (Å²) in [5, 5.41) is -11.1. The highest BCUT2D eigenvalue weighted by atomic mass is 19.2. The van der Waals surface area contributed by atoms with Crippen LogP contribution in [0.4, 0.5) is 70.2 Å². The molecule has 1 aliphatic rings. The van der Waals surface area contributed by atoms with E-state index in [1.165, 1.54) is 0 Å². The Labute approximate surface area is 288 Å². The van der Waals surface area contributed by atoms with Gasteiger partial charge in [-0.3, -0.25) is 0 Å². The maximum absolute atomic E-state index is 16.0. The Kier molecular flexibility index (Phi) is 7.69. The third-order valence-corrected chi connectivity index (χ3v) is 9.05. The van der Waals surface area contributed by atoms with Gasteiger partial charge < -0.3 is 9.31 Å². The van der Waals surface area contributed by atoms with Crippen LogP contribution in [0.5, 0.6) is 11.5 Å². The first kappa shape index (κ1) is 35.2. The van der Waals surface area contributed by atoms with Crippen LogP contribution in [-0.4, -0.2) is 7.12 Å². The Hall–Kier alpha value is -5.88. The summed E-state index contributed by atoms with van der Waals surface area (Å²) in [7, 11) is -3.29. The smallest absolute Gasteiger partial charge is 0.519 e. The second-order valence-electron chi connectivity index (χ2n) is 11.8. The van der Waals surface area contributed by atoms with Crippen LogP contribution in [0, 0.1) is 93.1 Å². The van der Waals surface area contributed by atoms with Gasteiger partial charge in [0.25, 0.3) is 0 Å². The molecule has 8 rings (SSSR count). The van der Waals surface area contributed by atoms with E-state index in [-0.39, 0.29) is 17.7 Å².